The van der Waals surface area contributed by atoms with Crippen LogP contribution in [0.25, 0.3) is 5.76 Å². The number of aromatic nitrogens is 2. The highest BCUT2D eigenvalue weighted by Crippen LogP contribution is 2.43. The average Bonchev–Trinajstić information content (AvgIpc) is 3.28. The standard InChI is InChI=1S/C24H22ClN3O3S/c1-13-26-27-23(32-13)28-19(14-5-9-16(10-6-14)24(2,3)4)18(21(30)22(28)31)20(29)15-7-11-17(25)12-8-15/h5-12,19,29H,1-4H3/b20-18+/t19-/m1/s1. The Morgan fingerprint density at radius 1 is 1.03 bits per heavy atom. The zero-order chi connectivity index (χ0) is 23.2. The summed E-state index contributed by atoms with van der Waals surface area (Å²) in [6, 6.07) is 13.3. The molecule has 164 valence electrons. The van der Waals surface area contributed by atoms with Crippen molar-refractivity contribution in [3.05, 3.63) is 80.8 Å². The van der Waals surface area contributed by atoms with Crippen molar-refractivity contribution in [2.45, 2.75) is 39.2 Å². The predicted octanol–water partition coefficient (Wildman–Crippen LogP) is 5.42. The molecule has 0 unspecified atom stereocenters. The molecule has 1 amide bonds. The lowest BCUT2D eigenvalue weighted by molar-refractivity contribution is -0.132. The first-order valence-corrected chi connectivity index (χ1v) is 11.2. The number of Topliss-reactive ketones (excluding diaryl/α,β-unsaturated/α-hetero) is 1. The molecule has 3 aromatic rings. The summed E-state index contributed by atoms with van der Waals surface area (Å²) >= 11 is 7.19. The topological polar surface area (TPSA) is 83.4 Å². The number of carbonyl (C=O) groups is 2. The molecule has 6 nitrogen and oxygen atoms in total. The first-order chi connectivity index (χ1) is 15.1. The third-order valence-electron chi connectivity index (χ3n) is 5.38. The number of halogens is 1. The molecule has 1 saturated heterocycles. The summed E-state index contributed by atoms with van der Waals surface area (Å²) < 4.78 is 0. The largest absolute Gasteiger partial charge is 0.507 e. The second-order valence-electron chi connectivity index (χ2n) is 8.65. The van der Waals surface area contributed by atoms with Crippen molar-refractivity contribution in [1.82, 2.24) is 10.2 Å². The van der Waals surface area contributed by atoms with E-state index in [-0.39, 0.29) is 16.7 Å². The highest BCUT2D eigenvalue weighted by Gasteiger charge is 2.48. The van der Waals surface area contributed by atoms with Crippen LogP contribution in [-0.2, 0) is 15.0 Å². The van der Waals surface area contributed by atoms with Crippen LogP contribution in [0.2, 0.25) is 5.02 Å². The Morgan fingerprint density at radius 2 is 1.66 bits per heavy atom. The van der Waals surface area contributed by atoms with Gasteiger partial charge < -0.3 is 5.11 Å². The lowest BCUT2D eigenvalue weighted by Gasteiger charge is -2.24. The lowest BCUT2D eigenvalue weighted by atomic mass is 9.85. The van der Waals surface area contributed by atoms with Gasteiger partial charge in [-0.15, -0.1) is 10.2 Å². The summed E-state index contributed by atoms with van der Waals surface area (Å²) in [5, 5.41) is 20.7. The van der Waals surface area contributed by atoms with Gasteiger partial charge in [0.25, 0.3) is 5.78 Å². The maximum Gasteiger partial charge on any atom is 0.301 e. The van der Waals surface area contributed by atoms with E-state index in [1.165, 1.54) is 16.2 Å². The van der Waals surface area contributed by atoms with Crippen molar-refractivity contribution in [3.63, 3.8) is 0 Å². The zero-order valence-corrected chi connectivity index (χ0v) is 19.7. The normalized spacial score (nSPS) is 18.4. The fourth-order valence-corrected chi connectivity index (χ4v) is 4.50. The van der Waals surface area contributed by atoms with E-state index in [1.54, 1.807) is 31.2 Å². The predicted molar refractivity (Wildman–Crippen MR) is 126 cm³/mol. The zero-order valence-electron chi connectivity index (χ0n) is 18.1. The number of nitrogens with zero attached hydrogens (tertiary/aromatic N) is 3. The first-order valence-electron chi connectivity index (χ1n) is 10.1. The van der Waals surface area contributed by atoms with Gasteiger partial charge in [0.1, 0.15) is 10.8 Å². The van der Waals surface area contributed by atoms with Crippen LogP contribution in [0.15, 0.2) is 54.1 Å². The highest BCUT2D eigenvalue weighted by atomic mass is 35.5. The average molecular weight is 468 g/mol. The van der Waals surface area contributed by atoms with Crippen LogP contribution in [0.4, 0.5) is 5.13 Å². The molecule has 1 aliphatic rings. The molecular formula is C24H22ClN3O3S. The second kappa shape index (κ2) is 8.15. The number of ketones is 1. The summed E-state index contributed by atoms with van der Waals surface area (Å²) in [7, 11) is 0. The van der Waals surface area contributed by atoms with E-state index < -0.39 is 17.7 Å². The molecule has 1 fully saturated rings. The third-order valence-corrected chi connectivity index (χ3v) is 6.47. The second-order valence-corrected chi connectivity index (χ2v) is 10.2. The van der Waals surface area contributed by atoms with E-state index >= 15 is 0 Å². The van der Waals surface area contributed by atoms with Crippen molar-refractivity contribution < 1.29 is 14.7 Å². The van der Waals surface area contributed by atoms with E-state index in [1.807, 2.05) is 24.3 Å². The van der Waals surface area contributed by atoms with Gasteiger partial charge in [0.05, 0.1) is 11.6 Å². The summed E-state index contributed by atoms with van der Waals surface area (Å²) in [6.07, 6.45) is 0. The Labute approximate surface area is 195 Å². The molecule has 1 atom stereocenters. The van der Waals surface area contributed by atoms with Crippen molar-refractivity contribution in [2.24, 2.45) is 0 Å². The Kier molecular flexibility index (Phi) is 5.65. The fourth-order valence-electron chi connectivity index (χ4n) is 3.66. The van der Waals surface area contributed by atoms with Gasteiger partial charge in [0.2, 0.25) is 5.13 Å². The summed E-state index contributed by atoms with van der Waals surface area (Å²) in [5.74, 6) is -1.77. The summed E-state index contributed by atoms with van der Waals surface area (Å²) in [4.78, 5) is 27.5. The lowest BCUT2D eigenvalue weighted by Crippen LogP contribution is -2.29. The van der Waals surface area contributed by atoms with E-state index in [0.29, 0.717) is 26.3 Å². The molecule has 1 aromatic heterocycles. The number of rotatable bonds is 3. The Hall–Kier alpha value is -3.03. The molecule has 2 aromatic carbocycles. The molecule has 2 heterocycles. The molecule has 0 saturated carbocycles. The SMILES string of the molecule is Cc1nnc(N2C(=O)C(=O)/C(=C(/O)c3ccc(Cl)cc3)[C@H]2c2ccc(C(C)(C)C)cc2)s1. The van der Waals surface area contributed by atoms with Gasteiger partial charge in [-0.1, -0.05) is 68.0 Å². The minimum atomic E-state index is -0.827. The van der Waals surface area contributed by atoms with Gasteiger partial charge >= 0.3 is 5.91 Å². The molecule has 4 rings (SSSR count). The minimum Gasteiger partial charge on any atom is -0.507 e. The van der Waals surface area contributed by atoms with Crippen molar-refractivity contribution in [1.29, 1.82) is 0 Å². The van der Waals surface area contributed by atoms with Crippen LogP contribution >= 0.6 is 22.9 Å². The molecule has 0 radical (unpaired) electrons. The van der Waals surface area contributed by atoms with Gasteiger partial charge in [-0.3, -0.25) is 14.5 Å². The fraction of sp³-hybridized carbons (Fsp3) is 0.250. The minimum absolute atomic E-state index is 0.00804. The Balaban J connectivity index is 1.91. The number of benzene rings is 2. The number of carbonyl (C=O) groups excluding carboxylic acids is 2. The van der Waals surface area contributed by atoms with E-state index in [0.717, 1.165) is 5.56 Å². The van der Waals surface area contributed by atoms with E-state index in [4.69, 9.17) is 11.6 Å². The highest BCUT2D eigenvalue weighted by molar-refractivity contribution is 7.15. The van der Waals surface area contributed by atoms with Gasteiger partial charge in [-0.2, -0.15) is 0 Å². The smallest absolute Gasteiger partial charge is 0.301 e. The number of aliphatic hydroxyl groups excluding tert-OH is 1. The van der Waals surface area contributed by atoms with Crippen LogP contribution in [0.1, 0.15) is 48.5 Å². The molecule has 32 heavy (non-hydrogen) atoms. The molecular weight excluding hydrogens is 446 g/mol. The van der Waals surface area contributed by atoms with Gasteiger partial charge in [0, 0.05) is 10.6 Å². The Bertz CT molecular complexity index is 1220. The number of hydrogen-bond acceptors (Lipinski definition) is 6. The molecule has 1 N–H and O–H groups in total. The van der Waals surface area contributed by atoms with Crippen LogP contribution < -0.4 is 4.90 Å². The third kappa shape index (κ3) is 3.94. The van der Waals surface area contributed by atoms with Crippen LogP contribution in [0.5, 0.6) is 0 Å². The van der Waals surface area contributed by atoms with Gasteiger partial charge in [-0.05, 0) is 47.7 Å². The van der Waals surface area contributed by atoms with Crippen molar-refractivity contribution >= 4 is 45.5 Å². The molecule has 8 heteroatoms. The van der Waals surface area contributed by atoms with E-state index in [9.17, 15) is 14.7 Å². The van der Waals surface area contributed by atoms with Crippen molar-refractivity contribution in [2.75, 3.05) is 4.90 Å². The molecule has 0 aliphatic carbocycles. The number of aliphatic hydroxyl groups is 1. The number of aryl methyl sites for hydroxylation is 1. The Morgan fingerprint density at radius 3 is 2.19 bits per heavy atom. The maximum atomic E-state index is 13.1. The summed E-state index contributed by atoms with van der Waals surface area (Å²) in [6.45, 7) is 8.11. The molecule has 1 aliphatic heterocycles. The van der Waals surface area contributed by atoms with Crippen molar-refractivity contribution in [3.8, 4) is 0 Å². The van der Waals surface area contributed by atoms with Gasteiger partial charge in [0.15, 0.2) is 0 Å². The monoisotopic (exact) mass is 467 g/mol. The maximum absolute atomic E-state index is 13.1. The molecule has 0 bridgehead atoms. The van der Waals surface area contributed by atoms with Crippen LogP contribution in [0.3, 0.4) is 0 Å². The first kappa shape index (κ1) is 22.2. The summed E-state index contributed by atoms with van der Waals surface area (Å²) in [5.41, 5.74) is 2.16. The van der Waals surface area contributed by atoms with Crippen LogP contribution in [0, 0.1) is 6.92 Å². The van der Waals surface area contributed by atoms with Crippen LogP contribution in [-0.4, -0.2) is 27.0 Å². The number of amides is 1. The number of anilines is 1. The van der Waals surface area contributed by atoms with Gasteiger partial charge in [-0.25, -0.2) is 0 Å². The quantitative estimate of drug-likeness (QED) is 0.315. The number of hydrogen-bond donors (Lipinski definition) is 1. The van der Waals surface area contributed by atoms with E-state index in [2.05, 4.69) is 31.0 Å². The molecule has 0 spiro atoms.